The van der Waals surface area contributed by atoms with E-state index in [1.165, 1.54) is 6.20 Å². The number of fused-ring (bicyclic) bond motifs is 1. The number of hydrogen-bond donors (Lipinski definition) is 2. The van der Waals surface area contributed by atoms with Gasteiger partial charge in [-0.3, -0.25) is 4.79 Å². The van der Waals surface area contributed by atoms with E-state index in [2.05, 4.69) is 16.5 Å². The van der Waals surface area contributed by atoms with Gasteiger partial charge in [0.05, 0.1) is 34.4 Å². The second-order valence-corrected chi connectivity index (χ2v) is 5.75. The van der Waals surface area contributed by atoms with Crippen LogP contribution in [0.2, 0.25) is 0 Å². The number of nitriles is 1. The van der Waals surface area contributed by atoms with Crippen LogP contribution in [0.1, 0.15) is 36.5 Å². The van der Waals surface area contributed by atoms with Gasteiger partial charge in [-0.2, -0.15) is 10.4 Å². The quantitative estimate of drug-likeness (QED) is 0.899. The van der Waals surface area contributed by atoms with E-state index in [1.807, 2.05) is 25.3 Å². The van der Waals surface area contributed by atoms with E-state index in [0.717, 1.165) is 24.8 Å². The normalized spacial score (nSPS) is 24.9. The van der Waals surface area contributed by atoms with Crippen LogP contribution >= 0.6 is 0 Å². The molecule has 0 radical (unpaired) electrons. The van der Waals surface area contributed by atoms with E-state index in [9.17, 15) is 10.1 Å². The van der Waals surface area contributed by atoms with E-state index in [0.29, 0.717) is 11.3 Å². The standard InChI is InChI=1S/C15H17N5O/c1-15(9-16)6-2-5-12(15)19-13-10(14(17)21)8-18-20-7-3-4-11(13)20/h3-4,7-8,12,19H,2,5-6H2,1H3,(H2,17,21)/t12-,15+/m0/s1. The molecule has 6 nitrogen and oxygen atoms in total. The molecule has 1 aliphatic carbocycles. The van der Waals surface area contributed by atoms with Gasteiger partial charge < -0.3 is 11.1 Å². The van der Waals surface area contributed by atoms with Crippen molar-refractivity contribution in [2.45, 2.75) is 32.2 Å². The van der Waals surface area contributed by atoms with Gasteiger partial charge in [0.2, 0.25) is 0 Å². The molecular formula is C15H17N5O. The third-order valence-corrected chi connectivity index (χ3v) is 4.36. The molecule has 6 heteroatoms. The molecule has 3 N–H and O–H groups in total. The number of nitrogens with zero attached hydrogens (tertiary/aromatic N) is 3. The van der Waals surface area contributed by atoms with Crippen molar-refractivity contribution in [2.24, 2.45) is 11.1 Å². The van der Waals surface area contributed by atoms with Crippen LogP contribution in [0.3, 0.4) is 0 Å². The van der Waals surface area contributed by atoms with E-state index in [4.69, 9.17) is 5.73 Å². The van der Waals surface area contributed by atoms with Gasteiger partial charge in [0.15, 0.2) is 0 Å². The lowest BCUT2D eigenvalue weighted by Gasteiger charge is -2.27. The Labute approximate surface area is 122 Å². The highest BCUT2D eigenvalue weighted by Crippen LogP contribution is 2.40. The van der Waals surface area contributed by atoms with Crippen LogP contribution < -0.4 is 11.1 Å². The van der Waals surface area contributed by atoms with Crippen molar-refractivity contribution in [1.29, 1.82) is 5.26 Å². The van der Waals surface area contributed by atoms with Gasteiger partial charge in [-0.25, -0.2) is 4.52 Å². The molecule has 1 aliphatic rings. The predicted molar refractivity (Wildman–Crippen MR) is 78.7 cm³/mol. The molecule has 0 saturated heterocycles. The number of amides is 1. The predicted octanol–water partition coefficient (Wildman–Crippen LogP) is 1.93. The summed E-state index contributed by atoms with van der Waals surface area (Å²) in [7, 11) is 0. The first kappa shape index (κ1) is 13.4. The summed E-state index contributed by atoms with van der Waals surface area (Å²) in [5.41, 5.74) is 6.83. The third-order valence-electron chi connectivity index (χ3n) is 4.36. The maximum atomic E-state index is 11.7. The van der Waals surface area contributed by atoms with Crippen molar-refractivity contribution < 1.29 is 4.79 Å². The Hall–Kier alpha value is -2.55. The highest BCUT2D eigenvalue weighted by molar-refractivity contribution is 6.01. The smallest absolute Gasteiger partial charge is 0.252 e. The summed E-state index contributed by atoms with van der Waals surface area (Å²) >= 11 is 0. The summed E-state index contributed by atoms with van der Waals surface area (Å²) in [5.74, 6) is -0.523. The van der Waals surface area contributed by atoms with Crippen molar-refractivity contribution in [3.8, 4) is 6.07 Å². The van der Waals surface area contributed by atoms with E-state index in [1.54, 1.807) is 4.52 Å². The molecule has 21 heavy (non-hydrogen) atoms. The van der Waals surface area contributed by atoms with Crippen molar-refractivity contribution in [3.05, 3.63) is 30.1 Å². The number of aromatic nitrogens is 2. The number of rotatable bonds is 3. The molecule has 2 aromatic rings. The molecule has 0 unspecified atom stereocenters. The van der Waals surface area contributed by atoms with Crippen molar-refractivity contribution in [1.82, 2.24) is 9.61 Å². The van der Waals surface area contributed by atoms with Gasteiger partial charge in [-0.15, -0.1) is 0 Å². The molecular weight excluding hydrogens is 266 g/mol. The van der Waals surface area contributed by atoms with Gasteiger partial charge in [0.25, 0.3) is 5.91 Å². The number of nitrogens with two attached hydrogens (primary N) is 1. The summed E-state index contributed by atoms with van der Waals surface area (Å²) in [6.07, 6.45) is 6.03. The topological polar surface area (TPSA) is 96.2 Å². The van der Waals surface area contributed by atoms with Crippen molar-refractivity contribution >= 4 is 17.1 Å². The van der Waals surface area contributed by atoms with E-state index in [-0.39, 0.29) is 6.04 Å². The number of anilines is 1. The lowest BCUT2D eigenvalue weighted by molar-refractivity contribution is 0.100. The Morgan fingerprint density at radius 2 is 2.48 bits per heavy atom. The summed E-state index contributed by atoms with van der Waals surface area (Å²) in [4.78, 5) is 11.7. The SMILES string of the molecule is C[C@]1(C#N)CCC[C@@H]1Nc1c(C(N)=O)cnn2cccc12. The Kier molecular flexibility index (Phi) is 3.05. The largest absolute Gasteiger partial charge is 0.378 e. The molecule has 1 fully saturated rings. The van der Waals surface area contributed by atoms with Gasteiger partial charge in [0.1, 0.15) is 0 Å². The molecule has 0 aliphatic heterocycles. The molecule has 2 aromatic heterocycles. The van der Waals surface area contributed by atoms with Gasteiger partial charge in [-0.05, 0) is 38.3 Å². The average molecular weight is 283 g/mol. The summed E-state index contributed by atoms with van der Waals surface area (Å²) in [5, 5.41) is 17.0. The minimum atomic E-state index is -0.523. The third kappa shape index (κ3) is 2.11. The number of primary amides is 1. The monoisotopic (exact) mass is 283 g/mol. The van der Waals surface area contributed by atoms with Gasteiger partial charge in [-0.1, -0.05) is 0 Å². The Bertz CT molecular complexity index is 744. The molecule has 0 bridgehead atoms. The minimum Gasteiger partial charge on any atom is -0.378 e. The van der Waals surface area contributed by atoms with Crippen LogP contribution in [0.15, 0.2) is 24.5 Å². The minimum absolute atomic E-state index is 0.00157. The second kappa shape index (κ2) is 4.77. The van der Waals surface area contributed by atoms with Crippen LogP contribution in [0, 0.1) is 16.7 Å². The number of nitrogens with one attached hydrogen (secondary N) is 1. The molecule has 3 rings (SSSR count). The summed E-state index contributed by atoms with van der Waals surface area (Å²) in [6.45, 7) is 1.96. The highest BCUT2D eigenvalue weighted by atomic mass is 16.1. The van der Waals surface area contributed by atoms with Crippen molar-refractivity contribution in [3.63, 3.8) is 0 Å². The molecule has 0 spiro atoms. The van der Waals surface area contributed by atoms with Gasteiger partial charge >= 0.3 is 0 Å². The molecule has 2 atom stereocenters. The molecule has 1 amide bonds. The van der Waals surface area contributed by atoms with Crippen LogP contribution in [-0.2, 0) is 0 Å². The first-order valence-electron chi connectivity index (χ1n) is 6.99. The number of hydrogen-bond acceptors (Lipinski definition) is 4. The fourth-order valence-electron chi connectivity index (χ4n) is 3.04. The second-order valence-electron chi connectivity index (χ2n) is 5.75. The summed E-state index contributed by atoms with van der Waals surface area (Å²) < 4.78 is 1.69. The zero-order valence-corrected chi connectivity index (χ0v) is 11.8. The Morgan fingerprint density at radius 3 is 3.19 bits per heavy atom. The lowest BCUT2D eigenvalue weighted by atomic mass is 9.86. The maximum Gasteiger partial charge on any atom is 0.252 e. The van der Waals surface area contributed by atoms with E-state index >= 15 is 0 Å². The molecule has 108 valence electrons. The van der Waals surface area contributed by atoms with Crippen LogP contribution in [0.25, 0.3) is 5.52 Å². The van der Waals surface area contributed by atoms with Crippen LogP contribution in [0.4, 0.5) is 5.69 Å². The maximum absolute atomic E-state index is 11.7. The van der Waals surface area contributed by atoms with Crippen molar-refractivity contribution in [2.75, 3.05) is 5.32 Å². The highest BCUT2D eigenvalue weighted by Gasteiger charge is 2.39. The molecule has 1 saturated carbocycles. The fraction of sp³-hybridized carbons (Fsp3) is 0.400. The zero-order chi connectivity index (χ0) is 15.0. The lowest BCUT2D eigenvalue weighted by Crippen LogP contribution is -2.33. The first-order chi connectivity index (χ1) is 10.0. The Balaban J connectivity index is 2.07. The average Bonchev–Trinajstić information content (AvgIpc) is 3.07. The zero-order valence-electron chi connectivity index (χ0n) is 11.8. The van der Waals surface area contributed by atoms with Gasteiger partial charge in [0, 0.05) is 12.2 Å². The fourth-order valence-corrected chi connectivity index (χ4v) is 3.04. The number of carbonyl (C=O) groups excluding carboxylic acids is 1. The van der Waals surface area contributed by atoms with Crippen LogP contribution in [-0.4, -0.2) is 21.6 Å². The first-order valence-corrected chi connectivity index (χ1v) is 6.99. The Morgan fingerprint density at radius 1 is 1.67 bits per heavy atom. The summed E-state index contributed by atoms with van der Waals surface area (Å²) in [6, 6.07) is 6.13. The van der Waals surface area contributed by atoms with E-state index < -0.39 is 11.3 Å². The number of carbonyl (C=O) groups is 1. The van der Waals surface area contributed by atoms with Crippen LogP contribution in [0.5, 0.6) is 0 Å². The molecule has 0 aromatic carbocycles. The molecule has 2 heterocycles.